The summed E-state index contributed by atoms with van der Waals surface area (Å²) in [5, 5.41) is 3.05. The highest BCUT2D eigenvalue weighted by Crippen LogP contribution is 2.32. The van der Waals surface area contributed by atoms with Crippen LogP contribution in [0.5, 0.6) is 0 Å². The lowest BCUT2D eigenvalue weighted by atomic mass is 9.93. The molecule has 2 atom stereocenters. The summed E-state index contributed by atoms with van der Waals surface area (Å²) in [6.45, 7) is 3.32. The molecule has 0 saturated carbocycles. The Hall–Kier alpha value is -2.14. The van der Waals surface area contributed by atoms with Crippen LogP contribution in [0.3, 0.4) is 0 Å². The van der Waals surface area contributed by atoms with E-state index in [9.17, 15) is 9.59 Å². The molecule has 24 heavy (non-hydrogen) atoms. The van der Waals surface area contributed by atoms with E-state index in [2.05, 4.69) is 17.3 Å². The molecule has 1 N–H and O–H groups in total. The van der Waals surface area contributed by atoms with Crippen LogP contribution in [0.1, 0.15) is 43.4 Å². The van der Waals surface area contributed by atoms with Gasteiger partial charge in [0.15, 0.2) is 0 Å². The van der Waals surface area contributed by atoms with Gasteiger partial charge >= 0.3 is 0 Å². The minimum absolute atomic E-state index is 0.00310. The van der Waals surface area contributed by atoms with Gasteiger partial charge < -0.3 is 15.1 Å². The fourth-order valence-corrected chi connectivity index (χ4v) is 3.63. The molecule has 1 aromatic rings. The fourth-order valence-electron chi connectivity index (χ4n) is 3.63. The van der Waals surface area contributed by atoms with Crippen molar-refractivity contribution >= 4 is 17.9 Å². The normalized spacial score (nSPS) is 23.2. The number of likely N-dealkylation sites (N-methyl/N-ethyl adjacent to an activating group) is 1. The summed E-state index contributed by atoms with van der Waals surface area (Å²) in [6, 6.07) is 8.13. The molecule has 1 aromatic carbocycles. The largest absolute Gasteiger partial charge is 0.354 e. The molecule has 0 radical (unpaired) electrons. The van der Waals surface area contributed by atoms with Crippen LogP contribution in [0, 0.1) is 0 Å². The third-order valence-electron chi connectivity index (χ3n) is 5.05. The van der Waals surface area contributed by atoms with Gasteiger partial charge in [0.2, 0.25) is 11.8 Å². The second kappa shape index (κ2) is 7.18. The predicted octanol–water partition coefficient (Wildman–Crippen LogP) is 2.16. The second-order valence-electron chi connectivity index (χ2n) is 6.67. The van der Waals surface area contributed by atoms with E-state index in [0.29, 0.717) is 12.6 Å². The Balaban J connectivity index is 1.68. The zero-order valence-corrected chi connectivity index (χ0v) is 14.4. The average Bonchev–Trinajstić information content (AvgIpc) is 2.98. The Morgan fingerprint density at radius 3 is 2.79 bits per heavy atom. The second-order valence-corrected chi connectivity index (χ2v) is 6.67. The first-order valence-electron chi connectivity index (χ1n) is 8.59. The molecule has 1 fully saturated rings. The van der Waals surface area contributed by atoms with Crippen LogP contribution in [-0.2, 0) is 9.59 Å². The summed E-state index contributed by atoms with van der Waals surface area (Å²) in [5.41, 5.74) is 2.10. The summed E-state index contributed by atoms with van der Waals surface area (Å²) in [7, 11) is 2.10. The topological polar surface area (TPSA) is 52.7 Å². The Bertz CT molecular complexity index is 656. The van der Waals surface area contributed by atoms with E-state index < -0.39 is 0 Å². The number of benzene rings is 1. The lowest BCUT2D eigenvalue weighted by Gasteiger charge is -2.32. The molecule has 5 nitrogen and oxygen atoms in total. The van der Waals surface area contributed by atoms with Crippen molar-refractivity contribution in [2.24, 2.45) is 0 Å². The van der Waals surface area contributed by atoms with E-state index in [0.717, 1.165) is 24.1 Å². The lowest BCUT2D eigenvalue weighted by Crippen LogP contribution is -2.40. The Morgan fingerprint density at radius 1 is 1.29 bits per heavy atom. The van der Waals surface area contributed by atoms with Gasteiger partial charge in [0.05, 0.1) is 12.5 Å². The van der Waals surface area contributed by atoms with Crippen LogP contribution in [0.15, 0.2) is 30.5 Å². The third kappa shape index (κ3) is 3.51. The van der Waals surface area contributed by atoms with Gasteiger partial charge in [-0.2, -0.15) is 0 Å². The smallest absolute Gasteiger partial charge is 0.223 e. The van der Waals surface area contributed by atoms with Gasteiger partial charge in [-0.1, -0.05) is 24.3 Å². The number of fused-ring (bicyclic) bond motifs is 1. The van der Waals surface area contributed by atoms with Crippen LogP contribution in [-0.4, -0.2) is 47.8 Å². The minimum Gasteiger partial charge on any atom is -0.354 e. The van der Waals surface area contributed by atoms with Crippen molar-refractivity contribution < 1.29 is 9.59 Å². The standard InChI is InChI=1S/C19H25N3O2/c1-14(23)22-11-9-15-6-3-4-8-17(15)18(22)12-19(24)20-13-16-7-5-10-21(16)2/h3-4,6,8-9,11,16,18H,5,7,10,12-13H2,1-2H3,(H,20,24). The van der Waals surface area contributed by atoms with Crippen LogP contribution in [0.2, 0.25) is 0 Å². The molecule has 2 aliphatic heterocycles. The number of carbonyl (C=O) groups excluding carboxylic acids is 2. The molecule has 0 spiro atoms. The maximum atomic E-state index is 12.5. The molecule has 1 saturated heterocycles. The summed E-state index contributed by atoms with van der Waals surface area (Å²) in [6.07, 6.45) is 6.32. The Morgan fingerprint density at radius 2 is 2.08 bits per heavy atom. The maximum Gasteiger partial charge on any atom is 0.223 e. The molecular weight excluding hydrogens is 302 g/mol. The van der Waals surface area contributed by atoms with Gasteiger partial charge in [-0.25, -0.2) is 0 Å². The van der Waals surface area contributed by atoms with Crippen molar-refractivity contribution in [1.29, 1.82) is 0 Å². The van der Waals surface area contributed by atoms with E-state index >= 15 is 0 Å². The van der Waals surface area contributed by atoms with E-state index in [4.69, 9.17) is 0 Å². The summed E-state index contributed by atoms with van der Waals surface area (Å²) in [5.74, 6) is -0.0502. The highest BCUT2D eigenvalue weighted by molar-refractivity contribution is 5.81. The van der Waals surface area contributed by atoms with Crippen molar-refractivity contribution in [1.82, 2.24) is 15.1 Å². The quantitative estimate of drug-likeness (QED) is 0.922. The van der Waals surface area contributed by atoms with Crippen LogP contribution < -0.4 is 5.32 Å². The molecule has 2 unspecified atom stereocenters. The van der Waals surface area contributed by atoms with Crippen LogP contribution in [0.4, 0.5) is 0 Å². The van der Waals surface area contributed by atoms with Gasteiger partial charge in [-0.3, -0.25) is 9.59 Å². The highest BCUT2D eigenvalue weighted by atomic mass is 16.2. The van der Waals surface area contributed by atoms with Gasteiger partial charge in [0.1, 0.15) is 0 Å². The number of nitrogens with one attached hydrogen (secondary N) is 1. The molecule has 128 valence electrons. The number of nitrogens with zero attached hydrogens (tertiary/aromatic N) is 2. The van der Waals surface area contributed by atoms with Gasteiger partial charge in [-0.15, -0.1) is 0 Å². The monoisotopic (exact) mass is 327 g/mol. The fraction of sp³-hybridized carbons (Fsp3) is 0.474. The zero-order chi connectivity index (χ0) is 17.1. The van der Waals surface area contributed by atoms with Crippen molar-refractivity contribution in [3.8, 4) is 0 Å². The van der Waals surface area contributed by atoms with E-state index in [1.165, 1.54) is 13.3 Å². The molecule has 5 heteroatoms. The maximum absolute atomic E-state index is 12.5. The van der Waals surface area contributed by atoms with Gasteiger partial charge in [0, 0.05) is 25.7 Å². The first-order valence-corrected chi connectivity index (χ1v) is 8.59. The molecule has 2 heterocycles. The summed E-state index contributed by atoms with van der Waals surface area (Å²) >= 11 is 0. The van der Waals surface area contributed by atoms with Crippen LogP contribution >= 0.6 is 0 Å². The van der Waals surface area contributed by atoms with E-state index in [1.807, 2.05) is 30.3 Å². The zero-order valence-electron chi connectivity index (χ0n) is 14.4. The average molecular weight is 327 g/mol. The highest BCUT2D eigenvalue weighted by Gasteiger charge is 2.28. The number of hydrogen-bond acceptors (Lipinski definition) is 3. The first kappa shape index (κ1) is 16.7. The Kier molecular flexibility index (Phi) is 5.00. The third-order valence-corrected chi connectivity index (χ3v) is 5.05. The molecule has 3 rings (SSSR count). The van der Waals surface area contributed by atoms with E-state index in [1.54, 1.807) is 11.1 Å². The summed E-state index contributed by atoms with van der Waals surface area (Å²) < 4.78 is 0. The van der Waals surface area contributed by atoms with E-state index in [-0.39, 0.29) is 24.3 Å². The first-order chi connectivity index (χ1) is 11.6. The predicted molar refractivity (Wildman–Crippen MR) is 94.0 cm³/mol. The molecule has 0 bridgehead atoms. The molecule has 0 aromatic heterocycles. The van der Waals surface area contributed by atoms with Crippen molar-refractivity contribution in [2.75, 3.05) is 20.1 Å². The van der Waals surface area contributed by atoms with Crippen molar-refractivity contribution in [3.63, 3.8) is 0 Å². The number of amides is 2. The number of likely N-dealkylation sites (tertiary alicyclic amines) is 1. The molecule has 2 aliphatic rings. The molecule has 2 amide bonds. The van der Waals surface area contributed by atoms with Gasteiger partial charge in [-0.05, 0) is 43.6 Å². The minimum atomic E-state index is -0.231. The van der Waals surface area contributed by atoms with Crippen molar-refractivity contribution in [2.45, 2.75) is 38.3 Å². The Labute approximate surface area is 143 Å². The number of hydrogen-bond donors (Lipinski definition) is 1. The van der Waals surface area contributed by atoms with Gasteiger partial charge in [0.25, 0.3) is 0 Å². The lowest BCUT2D eigenvalue weighted by molar-refractivity contribution is -0.130. The molecule has 0 aliphatic carbocycles. The SMILES string of the molecule is CC(=O)N1C=Cc2ccccc2C1CC(=O)NCC1CCCN1C. The summed E-state index contributed by atoms with van der Waals surface area (Å²) in [4.78, 5) is 28.4. The van der Waals surface area contributed by atoms with Crippen LogP contribution in [0.25, 0.3) is 6.08 Å². The van der Waals surface area contributed by atoms with Crippen molar-refractivity contribution in [3.05, 3.63) is 41.6 Å². The number of rotatable bonds is 4. The molecular formula is C19H25N3O2. The number of carbonyl (C=O) groups is 2.